The molecule has 0 saturated carbocycles. The third kappa shape index (κ3) is 13.3. The minimum Gasteiger partial charge on any atom is -0.399 e. The minimum absolute atomic E-state index is 0.124. The zero-order valence-electron chi connectivity index (χ0n) is 20.4. The van der Waals surface area contributed by atoms with Gasteiger partial charge < -0.3 is 16.9 Å². The predicted molar refractivity (Wildman–Crippen MR) is 141 cm³/mol. The predicted octanol–water partition coefficient (Wildman–Crippen LogP) is 6.70. The number of allylic oxidation sites excluding steroid dienone is 8. The van der Waals surface area contributed by atoms with Gasteiger partial charge in [-0.1, -0.05) is 60.2 Å². The normalized spacial score (nSPS) is 11.5. The number of nitrogens with one attached hydrogen (secondary N) is 1. The second-order valence-corrected chi connectivity index (χ2v) is 7.37. The van der Waals surface area contributed by atoms with Gasteiger partial charge in [-0.2, -0.15) is 0 Å². The van der Waals surface area contributed by atoms with Crippen LogP contribution in [0.2, 0.25) is 0 Å². The Labute approximate surface area is 197 Å². The van der Waals surface area contributed by atoms with E-state index in [-0.39, 0.29) is 11.7 Å². The van der Waals surface area contributed by atoms with Gasteiger partial charge >= 0.3 is 0 Å². The van der Waals surface area contributed by atoms with E-state index in [4.69, 9.17) is 11.1 Å². The Balaban J connectivity index is 0.000000645. The van der Waals surface area contributed by atoms with E-state index in [9.17, 15) is 9.18 Å². The summed E-state index contributed by atoms with van der Waals surface area (Å²) >= 11 is 0. The molecule has 0 bridgehead atoms. The molecule has 33 heavy (non-hydrogen) atoms. The molecule has 2 aromatic carbocycles. The van der Waals surface area contributed by atoms with Crippen LogP contribution in [-0.4, -0.2) is 11.6 Å². The molecule has 5 heteroatoms. The number of nitrogen functional groups attached to an aromatic ring is 1. The van der Waals surface area contributed by atoms with E-state index in [1.807, 2.05) is 94.5 Å². The molecule has 0 aromatic heterocycles. The van der Waals surface area contributed by atoms with Crippen molar-refractivity contribution in [3.8, 4) is 0 Å². The molecule has 0 fully saturated rings. The molecule has 0 saturated heterocycles. The maximum absolute atomic E-state index is 12.5. The highest BCUT2D eigenvalue weighted by Gasteiger charge is 2.01. The van der Waals surface area contributed by atoms with Crippen LogP contribution in [0.3, 0.4) is 0 Å². The van der Waals surface area contributed by atoms with Gasteiger partial charge in [0.05, 0.1) is 5.71 Å². The van der Waals surface area contributed by atoms with Crippen molar-refractivity contribution >= 4 is 22.9 Å². The summed E-state index contributed by atoms with van der Waals surface area (Å²) < 4.78 is 12.5. The van der Waals surface area contributed by atoms with Crippen molar-refractivity contribution < 1.29 is 9.18 Å². The quantitative estimate of drug-likeness (QED) is 0.269. The molecule has 0 spiro atoms. The Bertz CT molecular complexity index is 1030. The van der Waals surface area contributed by atoms with Crippen molar-refractivity contribution in [2.45, 2.75) is 41.5 Å². The van der Waals surface area contributed by atoms with Crippen molar-refractivity contribution in [2.75, 3.05) is 5.73 Å². The van der Waals surface area contributed by atoms with Crippen LogP contribution in [0.25, 0.3) is 5.57 Å². The first-order valence-electron chi connectivity index (χ1n) is 10.6. The topological polar surface area (TPSA) is 93.0 Å². The van der Waals surface area contributed by atoms with Gasteiger partial charge in [0.15, 0.2) is 0 Å². The van der Waals surface area contributed by atoms with Crippen molar-refractivity contribution in [3.05, 3.63) is 107 Å². The number of carbonyl (C=O) groups is 1. The molecular formula is C28H36FN3O. The molecule has 0 aliphatic heterocycles. The summed E-state index contributed by atoms with van der Waals surface area (Å²) in [6.07, 6.45) is 11.7. The summed E-state index contributed by atoms with van der Waals surface area (Å²) in [6, 6.07) is 12.8. The zero-order chi connectivity index (χ0) is 25.4. The van der Waals surface area contributed by atoms with Gasteiger partial charge in [-0.25, -0.2) is 4.39 Å². The number of hydrogen-bond donors (Lipinski definition) is 3. The molecule has 1 amide bonds. The third-order valence-electron chi connectivity index (χ3n) is 4.17. The zero-order valence-corrected chi connectivity index (χ0v) is 20.4. The summed E-state index contributed by atoms with van der Waals surface area (Å²) in [4.78, 5) is 9.22. The van der Waals surface area contributed by atoms with Gasteiger partial charge in [0.1, 0.15) is 5.82 Å². The highest BCUT2D eigenvalue weighted by atomic mass is 19.1. The van der Waals surface area contributed by atoms with E-state index in [1.54, 1.807) is 13.0 Å². The fourth-order valence-corrected chi connectivity index (χ4v) is 2.48. The van der Waals surface area contributed by atoms with Gasteiger partial charge in [-0.15, -0.1) is 0 Å². The average molecular weight is 450 g/mol. The number of benzene rings is 2. The Hall–Kier alpha value is -3.73. The smallest absolute Gasteiger partial charge is 0.214 e. The molecule has 2 rings (SSSR count). The summed E-state index contributed by atoms with van der Waals surface area (Å²) in [6.45, 7) is 10.9. The van der Waals surface area contributed by atoms with Crippen molar-refractivity contribution in [1.29, 1.82) is 5.41 Å². The second kappa shape index (κ2) is 16.0. The van der Waals surface area contributed by atoms with Crippen LogP contribution in [0.1, 0.15) is 44.4 Å². The first-order valence-corrected chi connectivity index (χ1v) is 10.6. The van der Waals surface area contributed by atoms with Crippen LogP contribution in [0, 0.1) is 25.1 Å². The van der Waals surface area contributed by atoms with E-state index in [0.717, 1.165) is 33.5 Å². The number of anilines is 1. The van der Waals surface area contributed by atoms with Crippen LogP contribution in [0.5, 0.6) is 0 Å². The van der Waals surface area contributed by atoms with E-state index in [1.165, 1.54) is 13.0 Å². The molecule has 4 nitrogen and oxygen atoms in total. The lowest BCUT2D eigenvalue weighted by Crippen LogP contribution is -2.01. The molecule has 176 valence electrons. The lowest BCUT2D eigenvalue weighted by atomic mass is 10.0. The van der Waals surface area contributed by atoms with Crippen LogP contribution in [0.15, 0.2) is 84.5 Å². The number of primary amides is 1. The van der Waals surface area contributed by atoms with Gasteiger partial charge in [-0.05, 0) is 81.2 Å². The molecule has 0 unspecified atom stereocenters. The number of nitrogens with two attached hydrogens (primary N) is 2. The first-order chi connectivity index (χ1) is 15.5. The monoisotopic (exact) mass is 449 g/mol. The van der Waals surface area contributed by atoms with Gasteiger partial charge in [0.25, 0.3) is 0 Å². The molecule has 0 aliphatic carbocycles. The number of carbonyl (C=O) groups excluding carboxylic acids is 1. The Morgan fingerprint density at radius 1 is 1.00 bits per heavy atom. The molecule has 0 heterocycles. The van der Waals surface area contributed by atoms with Crippen molar-refractivity contribution in [1.82, 2.24) is 0 Å². The Kier molecular flexibility index (Phi) is 14.2. The van der Waals surface area contributed by atoms with Crippen LogP contribution < -0.4 is 11.5 Å². The molecule has 0 atom stereocenters. The van der Waals surface area contributed by atoms with E-state index < -0.39 is 0 Å². The minimum atomic E-state index is -0.333. The lowest BCUT2D eigenvalue weighted by Gasteiger charge is -2.05. The average Bonchev–Trinajstić information content (AvgIpc) is 2.75. The fraction of sp³-hybridized carbons (Fsp3) is 0.214. The SMILES string of the molecule is C/C=C\C=C(/C)C(=N)/C=C(\C=C/C)c1ccc(N)cc1.CC(N)=O.Cc1ccc(F)c(C)c1. The number of amides is 1. The van der Waals surface area contributed by atoms with E-state index in [2.05, 4.69) is 5.73 Å². The maximum atomic E-state index is 12.5. The molecule has 5 N–H and O–H groups in total. The first kappa shape index (κ1) is 29.3. The van der Waals surface area contributed by atoms with Gasteiger partial charge in [-0.3, -0.25) is 4.79 Å². The summed E-state index contributed by atoms with van der Waals surface area (Å²) in [7, 11) is 0. The summed E-state index contributed by atoms with van der Waals surface area (Å²) in [5.74, 6) is -0.458. The van der Waals surface area contributed by atoms with Crippen LogP contribution in [-0.2, 0) is 4.79 Å². The van der Waals surface area contributed by atoms with Crippen molar-refractivity contribution in [3.63, 3.8) is 0 Å². The maximum Gasteiger partial charge on any atom is 0.214 e. The van der Waals surface area contributed by atoms with E-state index >= 15 is 0 Å². The highest BCUT2D eigenvalue weighted by Crippen LogP contribution is 2.18. The largest absolute Gasteiger partial charge is 0.399 e. The van der Waals surface area contributed by atoms with E-state index in [0.29, 0.717) is 5.71 Å². The van der Waals surface area contributed by atoms with Gasteiger partial charge in [0, 0.05) is 12.6 Å². The molecule has 0 aliphatic rings. The Morgan fingerprint density at radius 3 is 2.03 bits per heavy atom. The van der Waals surface area contributed by atoms with Gasteiger partial charge in [0.2, 0.25) is 5.91 Å². The molecule has 0 radical (unpaired) electrons. The highest BCUT2D eigenvalue weighted by molar-refractivity contribution is 6.10. The van der Waals surface area contributed by atoms with Crippen molar-refractivity contribution in [2.24, 2.45) is 5.73 Å². The summed E-state index contributed by atoms with van der Waals surface area (Å²) in [5.41, 5.74) is 16.2. The van der Waals surface area contributed by atoms with Crippen LogP contribution >= 0.6 is 0 Å². The van der Waals surface area contributed by atoms with Crippen LogP contribution in [0.4, 0.5) is 10.1 Å². The standard InChI is InChI=1S/C18H22N2.C8H9F.C2H5NO/c1-4-6-8-14(3)18(20)13-16(7-5-2)15-9-11-17(19)12-10-15;1-6-3-4-8(9)7(2)5-6;1-2(3)4/h4-13,20H,19H2,1-3H3;3-5H,1-2H3;1H3,(H2,3,4)/b6-4-,7-5-,14-8+,16-13+,20-18?;;. The number of halogens is 1. The lowest BCUT2D eigenvalue weighted by molar-refractivity contribution is -0.115. The molecular weight excluding hydrogens is 413 g/mol. The third-order valence-corrected chi connectivity index (χ3v) is 4.17. The fourth-order valence-electron chi connectivity index (χ4n) is 2.48. The summed E-state index contributed by atoms with van der Waals surface area (Å²) in [5, 5.41) is 8.14. The second-order valence-electron chi connectivity index (χ2n) is 7.37. The number of rotatable bonds is 5. The number of hydrogen-bond acceptors (Lipinski definition) is 3. The Morgan fingerprint density at radius 2 is 1.58 bits per heavy atom. The molecule has 2 aromatic rings. The number of aryl methyl sites for hydroxylation is 2.